The van der Waals surface area contributed by atoms with Crippen molar-refractivity contribution in [1.29, 1.82) is 0 Å². The molecule has 2 saturated carbocycles. The molecule has 3 aliphatic rings. The highest BCUT2D eigenvalue weighted by atomic mass is 32.1. The Bertz CT molecular complexity index is 940. The zero-order valence-electron chi connectivity index (χ0n) is 20.1. The first-order valence-electron chi connectivity index (χ1n) is 12.5. The zero-order chi connectivity index (χ0) is 22.9. The fraction of sp³-hybridized carbons (Fsp3) is 0.630. The first-order chi connectivity index (χ1) is 15.5. The van der Waals surface area contributed by atoms with E-state index in [2.05, 4.69) is 41.5 Å². The van der Waals surface area contributed by atoms with Crippen molar-refractivity contribution in [2.24, 2.45) is 28.9 Å². The van der Waals surface area contributed by atoms with Crippen molar-refractivity contribution in [2.75, 3.05) is 5.32 Å². The van der Waals surface area contributed by atoms with Crippen molar-refractivity contribution in [3.05, 3.63) is 46.5 Å². The van der Waals surface area contributed by atoms with Gasteiger partial charge in [0.15, 0.2) is 5.13 Å². The van der Waals surface area contributed by atoms with E-state index in [1.54, 1.807) is 11.1 Å². The number of nitrogens with one attached hydrogen (secondary N) is 1. The highest BCUT2D eigenvalue weighted by Gasteiger charge is 2.57. The molecule has 4 nitrogen and oxygen atoms in total. The van der Waals surface area contributed by atoms with Crippen LogP contribution in [0.2, 0.25) is 0 Å². The van der Waals surface area contributed by atoms with Crippen LogP contribution in [0, 0.1) is 30.1 Å². The molecule has 2 aromatic rings. The lowest BCUT2D eigenvalue weighted by molar-refractivity contribution is -0.116. The number of anilines is 1. The molecule has 0 saturated heterocycles. The number of hydrogen-bond acceptors (Lipinski definition) is 4. The molecule has 0 bridgehead atoms. The van der Waals surface area contributed by atoms with Crippen molar-refractivity contribution in [1.82, 2.24) is 4.98 Å². The normalized spacial score (nSPS) is 32.7. The molecular weight excluding hydrogens is 414 g/mol. The van der Waals surface area contributed by atoms with E-state index in [1.165, 1.54) is 37.0 Å². The summed E-state index contributed by atoms with van der Waals surface area (Å²) in [5.74, 6) is 2.66. The summed E-state index contributed by atoms with van der Waals surface area (Å²) in [6, 6.07) is 9.33. The molecule has 0 radical (unpaired) electrons. The summed E-state index contributed by atoms with van der Waals surface area (Å²) in [6.07, 6.45) is 9.33. The lowest BCUT2D eigenvalue weighted by Crippen LogP contribution is -2.47. The van der Waals surface area contributed by atoms with Crippen LogP contribution >= 0.6 is 11.3 Å². The van der Waals surface area contributed by atoms with Crippen LogP contribution in [0.25, 0.3) is 0 Å². The van der Waals surface area contributed by atoms with Gasteiger partial charge in [0.1, 0.15) is 0 Å². The maximum Gasteiger partial charge on any atom is 0.226 e. The number of rotatable bonds is 4. The largest absolute Gasteiger partial charge is 0.327 e. The van der Waals surface area contributed by atoms with Gasteiger partial charge in [-0.1, -0.05) is 45.0 Å². The van der Waals surface area contributed by atoms with Crippen LogP contribution in [0.5, 0.6) is 0 Å². The monoisotopic (exact) mass is 453 g/mol. The number of aromatic nitrogens is 1. The van der Waals surface area contributed by atoms with Gasteiger partial charge in [-0.2, -0.15) is 0 Å². The molecule has 1 heterocycles. The van der Waals surface area contributed by atoms with E-state index in [9.17, 15) is 4.79 Å². The van der Waals surface area contributed by atoms with Gasteiger partial charge in [0, 0.05) is 23.5 Å². The molecular formula is C27H39N3OS. The van der Waals surface area contributed by atoms with E-state index in [4.69, 9.17) is 5.73 Å². The molecule has 3 N–H and O–H groups in total. The van der Waals surface area contributed by atoms with Crippen LogP contribution in [0.1, 0.15) is 81.2 Å². The lowest BCUT2D eigenvalue weighted by atomic mass is 9.53. The first-order valence-corrected chi connectivity index (χ1v) is 13.3. The number of carbonyl (C=O) groups is 1. The summed E-state index contributed by atoms with van der Waals surface area (Å²) < 4.78 is 0. The standard InChI is InChI=1S/C25H33N3OS.C2H6/c1-15-14-27-24(30-15)28-22(29)10-8-17-13-21(26)25(2)12-11-19-18-6-4-3-5-16(18)7-9-20(19)23(17)25;1-2/h3-6,14,17,19-21,23H,7-13,26H2,1-2H3,(H,27,28,29);1-2H3. The molecule has 32 heavy (non-hydrogen) atoms. The summed E-state index contributed by atoms with van der Waals surface area (Å²) in [4.78, 5) is 18.0. The fourth-order valence-electron chi connectivity index (χ4n) is 7.07. The highest BCUT2D eigenvalue weighted by Crippen LogP contribution is 2.63. The molecule has 5 heteroatoms. The number of thiazole rings is 1. The fourth-order valence-corrected chi connectivity index (χ4v) is 7.75. The van der Waals surface area contributed by atoms with Crippen molar-refractivity contribution >= 4 is 22.4 Å². The smallest absolute Gasteiger partial charge is 0.226 e. The Morgan fingerprint density at radius 3 is 2.81 bits per heavy atom. The summed E-state index contributed by atoms with van der Waals surface area (Å²) in [5.41, 5.74) is 10.1. The number of nitrogens with two attached hydrogens (primary N) is 1. The van der Waals surface area contributed by atoms with E-state index in [0.717, 1.165) is 17.7 Å². The molecule has 3 aliphatic carbocycles. The van der Waals surface area contributed by atoms with Crippen LogP contribution in [0.15, 0.2) is 30.5 Å². The summed E-state index contributed by atoms with van der Waals surface area (Å²) in [6.45, 7) is 8.45. The number of nitrogens with zero attached hydrogens (tertiary/aromatic N) is 1. The minimum Gasteiger partial charge on any atom is -0.327 e. The van der Waals surface area contributed by atoms with E-state index in [0.29, 0.717) is 35.2 Å². The summed E-state index contributed by atoms with van der Waals surface area (Å²) in [5, 5.41) is 3.70. The average molecular weight is 454 g/mol. The third-order valence-corrected chi connectivity index (χ3v) is 9.28. The molecule has 0 spiro atoms. The van der Waals surface area contributed by atoms with Gasteiger partial charge in [0.05, 0.1) is 0 Å². The first kappa shape index (κ1) is 23.4. The van der Waals surface area contributed by atoms with Gasteiger partial charge in [0.25, 0.3) is 0 Å². The third-order valence-electron chi connectivity index (χ3n) is 8.46. The zero-order valence-corrected chi connectivity index (χ0v) is 20.9. The second-order valence-corrected chi connectivity index (χ2v) is 11.3. The van der Waals surface area contributed by atoms with Gasteiger partial charge in [0.2, 0.25) is 5.91 Å². The van der Waals surface area contributed by atoms with Gasteiger partial charge in [-0.15, -0.1) is 11.3 Å². The lowest BCUT2D eigenvalue weighted by Gasteiger charge is -2.51. The molecule has 0 aliphatic heterocycles. The van der Waals surface area contributed by atoms with Crippen LogP contribution in [0.3, 0.4) is 0 Å². The predicted octanol–water partition coefficient (Wildman–Crippen LogP) is 6.31. The quantitative estimate of drug-likeness (QED) is 0.570. The average Bonchev–Trinajstić information content (AvgIpc) is 3.33. The van der Waals surface area contributed by atoms with Crippen LogP contribution in [0.4, 0.5) is 5.13 Å². The molecule has 1 amide bonds. The Morgan fingerprint density at radius 1 is 1.28 bits per heavy atom. The second kappa shape index (κ2) is 9.64. The van der Waals surface area contributed by atoms with Crippen LogP contribution in [-0.2, 0) is 11.2 Å². The van der Waals surface area contributed by atoms with E-state index in [1.807, 2.05) is 27.0 Å². The Balaban J connectivity index is 0.00000119. The number of hydrogen-bond donors (Lipinski definition) is 2. The number of aryl methyl sites for hydroxylation is 2. The SMILES string of the molecule is CC.Cc1cnc(NC(=O)CCC2CC(N)C3(C)CCC4c5ccccc5CCC4C23)s1. The number of carbonyl (C=O) groups excluding carboxylic acids is 1. The molecule has 1 aromatic heterocycles. The summed E-state index contributed by atoms with van der Waals surface area (Å²) in [7, 11) is 0. The topological polar surface area (TPSA) is 68.0 Å². The van der Waals surface area contributed by atoms with E-state index in [-0.39, 0.29) is 17.4 Å². The minimum absolute atomic E-state index is 0.0906. The Morgan fingerprint density at radius 2 is 2.06 bits per heavy atom. The van der Waals surface area contributed by atoms with Gasteiger partial charge in [-0.25, -0.2) is 4.98 Å². The van der Waals surface area contributed by atoms with Gasteiger partial charge in [-0.3, -0.25) is 4.79 Å². The predicted molar refractivity (Wildman–Crippen MR) is 134 cm³/mol. The van der Waals surface area contributed by atoms with E-state index >= 15 is 0 Å². The number of fused-ring (bicyclic) bond motifs is 5. The highest BCUT2D eigenvalue weighted by molar-refractivity contribution is 7.15. The number of benzene rings is 1. The molecule has 6 unspecified atom stereocenters. The molecule has 6 atom stereocenters. The van der Waals surface area contributed by atoms with Crippen LogP contribution in [-0.4, -0.2) is 16.9 Å². The maximum absolute atomic E-state index is 12.6. The van der Waals surface area contributed by atoms with Crippen LogP contribution < -0.4 is 11.1 Å². The summed E-state index contributed by atoms with van der Waals surface area (Å²) >= 11 is 1.54. The molecule has 2 fully saturated rings. The van der Waals surface area contributed by atoms with Crippen molar-refractivity contribution in [3.63, 3.8) is 0 Å². The number of amides is 1. The van der Waals surface area contributed by atoms with E-state index < -0.39 is 0 Å². The second-order valence-electron chi connectivity index (χ2n) is 10.0. The third kappa shape index (κ3) is 4.26. The Hall–Kier alpha value is -1.72. The Kier molecular flexibility index (Phi) is 7.06. The van der Waals surface area contributed by atoms with Crippen molar-refractivity contribution < 1.29 is 4.79 Å². The molecule has 5 rings (SSSR count). The Labute approximate surface area is 197 Å². The minimum atomic E-state index is 0.0906. The van der Waals surface area contributed by atoms with Crippen molar-refractivity contribution in [3.8, 4) is 0 Å². The van der Waals surface area contributed by atoms with Crippen molar-refractivity contribution in [2.45, 2.75) is 84.6 Å². The molecule has 174 valence electrons. The van der Waals surface area contributed by atoms with Gasteiger partial charge in [-0.05, 0) is 85.7 Å². The maximum atomic E-state index is 12.6. The molecule has 1 aromatic carbocycles. The van der Waals surface area contributed by atoms with Gasteiger partial charge >= 0.3 is 0 Å². The van der Waals surface area contributed by atoms with Gasteiger partial charge < -0.3 is 11.1 Å².